The van der Waals surface area contributed by atoms with E-state index in [9.17, 15) is 9.59 Å². The summed E-state index contributed by atoms with van der Waals surface area (Å²) in [5, 5.41) is 9.07. The van der Waals surface area contributed by atoms with Gasteiger partial charge in [0.1, 0.15) is 11.9 Å². The molecule has 1 N–H and O–H groups in total. The van der Waals surface area contributed by atoms with Crippen molar-refractivity contribution in [1.82, 2.24) is 0 Å². The smallest absolute Gasteiger partial charge is 0.309 e. The maximum absolute atomic E-state index is 11.1. The highest BCUT2D eigenvalue weighted by atomic mass is 16.5. The van der Waals surface area contributed by atoms with Crippen LogP contribution in [0.5, 0.6) is 0 Å². The Morgan fingerprint density at radius 3 is 2.82 bits per heavy atom. The average Bonchev–Trinajstić information content (AvgIpc) is 3.05. The highest BCUT2D eigenvalue weighted by Gasteiger charge is 2.61. The number of aliphatic carboxylic acids is 1. The maximum Gasteiger partial charge on any atom is 0.309 e. The first-order valence-electron chi connectivity index (χ1n) is 5.57. The van der Waals surface area contributed by atoms with Crippen molar-refractivity contribution in [2.75, 3.05) is 6.61 Å². The topological polar surface area (TPSA) is 63.6 Å². The van der Waals surface area contributed by atoms with Crippen LogP contribution >= 0.6 is 0 Å². The van der Waals surface area contributed by atoms with Crippen LogP contribution in [0.2, 0.25) is 0 Å². The van der Waals surface area contributed by atoms with E-state index >= 15 is 0 Å². The number of hydrogen-bond acceptors (Lipinski definition) is 3. The zero-order valence-corrected chi connectivity index (χ0v) is 9.55. The molecular formula is C13H14O4. The molecule has 0 amide bonds. The highest BCUT2D eigenvalue weighted by molar-refractivity contribution is 5.82. The molecule has 0 aliphatic heterocycles. The van der Waals surface area contributed by atoms with Crippen molar-refractivity contribution in [3.63, 3.8) is 0 Å². The second-order valence-corrected chi connectivity index (χ2v) is 4.12. The van der Waals surface area contributed by atoms with Crippen molar-refractivity contribution in [2.45, 2.75) is 18.9 Å². The van der Waals surface area contributed by atoms with Gasteiger partial charge < -0.3 is 9.84 Å². The number of carboxylic acids is 1. The summed E-state index contributed by atoms with van der Waals surface area (Å²) in [6.45, 7) is 2.25. The minimum absolute atomic E-state index is 0.428. The van der Waals surface area contributed by atoms with Crippen LogP contribution in [0.4, 0.5) is 0 Å². The molecule has 4 nitrogen and oxygen atoms in total. The van der Waals surface area contributed by atoms with E-state index in [0.29, 0.717) is 24.2 Å². The van der Waals surface area contributed by atoms with Gasteiger partial charge in [-0.15, -0.1) is 0 Å². The van der Waals surface area contributed by atoms with Gasteiger partial charge in [-0.2, -0.15) is 0 Å². The quantitative estimate of drug-likeness (QED) is 0.789. The second-order valence-electron chi connectivity index (χ2n) is 4.12. The van der Waals surface area contributed by atoms with Gasteiger partial charge in [-0.1, -0.05) is 24.3 Å². The molecule has 1 saturated carbocycles. The van der Waals surface area contributed by atoms with Crippen LogP contribution in [0.1, 0.15) is 29.3 Å². The van der Waals surface area contributed by atoms with Gasteiger partial charge in [0, 0.05) is 12.2 Å². The number of carbonyl (C=O) groups is 2. The average molecular weight is 234 g/mol. The van der Waals surface area contributed by atoms with Crippen LogP contribution in [0, 0.1) is 5.92 Å². The molecule has 17 heavy (non-hydrogen) atoms. The third kappa shape index (κ3) is 1.85. The Bertz CT molecular complexity index is 454. The van der Waals surface area contributed by atoms with Crippen LogP contribution in [0.15, 0.2) is 24.3 Å². The Morgan fingerprint density at radius 1 is 1.59 bits per heavy atom. The minimum Gasteiger partial charge on any atom is -0.481 e. The zero-order chi connectivity index (χ0) is 12.5. The molecule has 0 unspecified atom stereocenters. The van der Waals surface area contributed by atoms with Gasteiger partial charge in [-0.25, -0.2) is 0 Å². The van der Waals surface area contributed by atoms with E-state index < -0.39 is 17.5 Å². The Kier molecular flexibility index (Phi) is 2.98. The lowest BCUT2D eigenvalue weighted by molar-refractivity contribution is -0.141. The molecular weight excluding hydrogens is 220 g/mol. The van der Waals surface area contributed by atoms with E-state index in [1.54, 1.807) is 24.3 Å². The third-order valence-electron chi connectivity index (χ3n) is 3.15. The van der Waals surface area contributed by atoms with Crippen LogP contribution in [0.3, 0.4) is 0 Å². The Balaban J connectivity index is 2.42. The Hall–Kier alpha value is -1.68. The third-order valence-corrected chi connectivity index (χ3v) is 3.15. The second kappa shape index (κ2) is 4.30. The van der Waals surface area contributed by atoms with Crippen molar-refractivity contribution in [3.05, 3.63) is 35.4 Å². The van der Waals surface area contributed by atoms with Gasteiger partial charge in [-0.05, 0) is 18.9 Å². The highest BCUT2D eigenvalue weighted by Crippen LogP contribution is 2.56. The number of carbonyl (C=O) groups excluding carboxylic acids is 1. The first-order chi connectivity index (χ1) is 8.15. The summed E-state index contributed by atoms with van der Waals surface area (Å²) in [7, 11) is 0. The summed E-state index contributed by atoms with van der Waals surface area (Å²) < 4.78 is 5.60. The molecule has 1 aromatic carbocycles. The number of rotatable bonds is 5. The van der Waals surface area contributed by atoms with Gasteiger partial charge in [-0.3, -0.25) is 9.59 Å². The van der Waals surface area contributed by atoms with Crippen molar-refractivity contribution in [2.24, 2.45) is 5.92 Å². The van der Waals surface area contributed by atoms with E-state index in [-0.39, 0.29) is 0 Å². The number of benzene rings is 1. The van der Waals surface area contributed by atoms with Gasteiger partial charge in [0.15, 0.2) is 0 Å². The fourth-order valence-electron chi connectivity index (χ4n) is 2.31. The van der Waals surface area contributed by atoms with Crippen molar-refractivity contribution < 1.29 is 19.4 Å². The van der Waals surface area contributed by atoms with E-state index in [1.165, 1.54) is 0 Å². The molecule has 2 atom stereocenters. The fraction of sp³-hybridized carbons (Fsp3) is 0.385. The first kappa shape index (κ1) is 11.8. The van der Waals surface area contributed by atoms with Crippen LogP contribution < -0.4 is 0 Å². The molecule has 1 aliphatic rings. The van der Waals surface area contributed by atoms with Crippen molar-refractivity contribution in [1.29, 1.82) is 0 Å². The molecule has 4 heteroatoms. The molecule has 0 radical (unpaired) electrons. The Morgan fingerprint density at radius 2 is 2.29 bits per heavy atom. The largest absolute Gasteiger partial charge is 0.481 e. The number of aldehydes is 1. The fourth-order valence-corrected chi connectivity index (χ4v) is 2.31. The molecule has 2 rings (SSSR count). The van der Waals surface area contributed by atoms with Gasteiger partial charge >= 0.3 is 5.97 Å². The van der Waals surface area contributed by atoms with Crippen LogP contribution in [-0.2, 0) is 15.1 Å². The van der Waals surface area contributed by atoms with Crippen molar-refractivity contribution >= 4 is 12.3 Å². The molecule has 0 spiro atoms. The van der Waals surface area contributed by atoms with E-state index in [4.69, 9.17) is 9.84 Å². The van der Waals surface area contributed by atoms with Gasteiger partial charge in [0.2, 0.25) is 0 Å². The molecule has 1 fully saturated rings. The molecule has 0 heterocycles. The first-order valence-corrected chi connectivity index (χ1v) is 5.57. The van der Waals surface area contributed by atoms with Crippen molar-refractivity contribution in [3.8, 4) is 0 Å². The molecule has 1 aliphatic carbocycles. The van der Waals surface area contributed by atoms with E-state index in [1.807, 2.05) is 6.92 Å². The van der Waals surface area contributed by atoms with Crippen LogP contribution in [-0.4, -0.2) is 24.0 Å². The number of hydrogen-bond donors (Lipinski definition) is 1. The predicted molar refractivity (Wildman–Crippen MR) is 60.9 cm³/mol. The van der Waals surface area contributed by atoms with E-state index in [2.05, 4.69) is 0 Å². The van der Waals surface area contributed by atoms with Crippen LogP contribution in [0.25, 0.3) is 0 Å². The lowest BCUT2D eigenvalue weighted by atomic mass is 9.99. The molecule has 0 bridgehead atoms. The predicted octanol–water partition coefficient (Wildman–Crippen LogP) is 1.84. The molecule has 0 saturated heterocycles. The molecule has 0 aromatic heterocycles. The monoisotopic (exact) mass is 234 g/mol. The summed E-state index contributed by atoms with van der Waals surface area (Å²) in [5.74, 6) is -1.43. The van der Waals surface area contributed by atoms with E-state index in [0.717, 1.165) is 6.29 Å². The lowest BCUT2D eigenvalue weighted by Crippen LogP contribution is -2.20. The SMILES string of the molecule is CCO[C@]1(c2ccccc2C=O)C[C@@H]1C(=O)O. The van der Waals surface area contributed by atoms with Gasteiger partial charge in [0.25, 0.3) is 0 Å². The molecule has 90 valence electrons. The van der Waals surface area contributed by atoms with Gasteiger partial charge in [0.05, 0.1) is 5.92 Å². The lowest BCUT2D eigenvalue weighted by Gasteiger charge is -2.18. The summed E-state index contributed by atoms with van der Waals surface area (Å²) >= 11 is 0. The number of carboxylic acid groups (broad SMARTS) is 1. The summed E-state index contributed by atoms with van der Waals surface area (Å²) in [4.78, 5) is 22.0. The molecule has 1 aromatic rings. The standard InChI is InChI=1S/C13H14O4/c1-2-17-13(7-11(13)12(15)16)10-6-4-3-5-9(10)8-14/h3-6,8,11H,2,7H2,1H3,(H,15,16)/t11-,13+/m1/s1. The maximum atomic E-state index is 11.1. The zero-order valence-electron chi connectivity index (χ0n) is 9.55. The summed E-state index contributed by atoms with van der Waals surface area (Å²) in [6.07, 6.45) is 1.17. The summed E-state index contributed by atoms with van der Waals surface area (Å²) in [5.41, 5.74) is 0.381. The minimum atomic E-state index is -0.876. The normalized spacial score (nSPS) is 26.5. The Labute approximate surface area is 99.2 Å². The number of ether oxygens (including phenoxy) is 1. The summed E-state index contributed by atoms with van der Waals surface area (Å²) in [6, 6.07) is 6.99.